The van der Waals surface area contributed by atoms with E-state index in [1.165, 1.54) is 11.8 Å². The zero-order chi connectivity index (χ0) is 21.0. The molecule has 2 heterocycles. The Morgan fingerprint density at radius 3 is 2.52 bits per heavy atom. The summed E-state index contributed by atoms with van der Waals surface area (Å²) in [5.41, 5.74) is 7.91. The van der Waals surface area contributed by atoms with E-state index in [9.17, 15) is 9.59 Å². The number of urea groups is 1. The van der Waals surface area contributed by atoms with Crippen molar-refractivity contribution in [1.82, 2.24) is 25.1 Å². The summed E-state index contributed by atoms with van der Waals surface area (Å²) in [5.74, 6) is 0.400. The van der Waals surface area contributed by atoms with Crippen molar-refractivity contribution in [2.24, 2.45) is 5.73 Å². The van der Waals surface area contributed by atoms with Crippen molar-refractivity contribution in [3.63, 3.8) is 0 Å². The molecule has 0 saturated carbocycles. The van der Waals surface area contributed by atoms with Crippen LogP contribution in [0.15, 0.2) is 53.9 Å². The van der Waals surface area contributed by atoms with Crippen molar-refractivity contribution in [2.75, 3.05) is 0 Å². The zero-order valence-electron chi connectivity index (χ0n) is 16.4. The molecule has 0 aliphatic carbocycles. The minimum atomic E-state index is -0.884. The Bertz CT molecular complexity index is 1020. The number of rotatable bonds is 6. The van der Waals surface area contributed by atoms with E-state index in [-0.39, 0.29) is 5.92 Å². The summed E-state index contributed by atoms with van der Waals surface area (Å²) >= 11 is 1.20. The van der Waals surface area contributed by atoms with E-state index >= 15 is 0 Å². The summed E-state index contributed by atoms with van der Waals surface area (Å²) in [6, 6.07) is 10.8. The molecular formula is C20H22N6O2S. The highest BCUT2D eigenvalue weighted by atomic mass is 32.2. The van der Waals surface area contributed by atoms with Gasteiger partial charge in [-0.15, -0.1) is 10.2 Å². The fourth-order valence-corrected chi connectivity index (χ4v) is 3.72. The van der Waals surface area contributed by atoms with Gasteiger partial charge >= 0.3 is 6.03 Å². The van der Waals surface area contributed by atoms with E-state index in [0.717, 1.165) is 16.8 Å². The molecule has 0 saturated heterocycles. The summed E-state index contributed by atoms with van der Waals surface area (Å²) in [5, 5.41) is 10.7. The van der Waals surface area contributed by atoms with Gasteiger partial charge in [0.25, 0.3) is 0 Å². The van der Waals surface area contributed by atoms with Crippen LogP contribution < -0.4 is 11.1 Å². The maximum Gasteiger partial charge on any atom is 0.318 e. The first-order valence-electron chi connectivity index (χ1n) is 9.10. The van der Waals surface area contributed by atoms with Gasteiger partial charge in [-0.25, -0.2) is 4.79 Å². The Kier molecular flexibility index (Phi) is 6.28. The van der Waals surface area contributed by atoms with Gasteiger partial charge < -0.3 is 5.73 Å². The number of aromatic nitrogens is 4. The number of imide groups is 1. The molecule has 0 radical (unpaired) electrons. The lowest BCUT2D eigenvalue weighted by molar-refractivity contribution is -0.119. The Morgan fingerprint density at radius 2 is 1.86 bits per heavy atom. The third-order valence-corrected chi connectivity index (χ3v) is 5.29. The molecule has 0 spiro atoms. The lowest BCUT2D eigenvalue weighted by atomic mass is 10.0. The van der Waals surface area contributed by atoms with Crippen molar-refractivity contribution < 1.29 is 9.59 Å². The Balaban J connectivity index is 2.10. The predicted octanol–water partition coefficient (Wildman–Crippen LogP) is 3.13. The first kappa shape index (κ1) is 20.5. The maximum absolute atomic E-state index is 12.2. The van der Waals surface area contributed by atoms with Crippen LogP contribution in [0.4, 0.5) is 4.79 Å². The molecular weight excluding hydrogens is 388 g/mol. The third-order valence-electron chi connectivity index (χ3n) is 4.25. The van der Waals surface area contributed by atoms with Crippen LogP contribution >= 0.6 is 11.8 Å². The van der Waals surface area contributed by atoms with Gasteiger partial charge in [0.05, 0.1) is 10.9 Å². The number of para-hydroxylation sites is 1. The molecule has 1 atom stereocenters. The summed E-state index contributed by atoms with van der Waals surface area (Å²) in [6.07, 6.45) is 3.41. The SMILES string of the molecule is CC(C)c1ccccc1-n1c(S[C@@H](C)C(=O)NC(N)=O)nnc1-c1cccnc1. The molecule has 3 aromatic rings. The molecule has 0 aliphatic rings. The fraction of sp³-hybridized carbons (Fsp3) is 0.250. The number of hydrogen-bond donors (Lipinski definition) is 2. The van der Waals surface area contributed by atoms with Crippen molar-refractivity contribution in [1.29, 1.82) is 0 Å². The summed E-state index contributed by atoms with van der Waals surface area (Å²) in [6.45, 7) is 5.91. The number of carbonyl (C=O) groups excluding carboxylic acids is 2. The highest BCUT2D eigenvalue weighted by Gasteiger charge is 2.24. The number of hydrogen-bond acceptors (Lipinski definition) is 6. The Morgan fingerprint density at radius 1 is 1.10 bits per heavy atom. The fourth-order valence-electron chi connectivity index (χ4n) is 2.86. The van der Waals surface area contributed by atoms with Gasteiger partial charge in [-0.3, -0.25) is 19.7 Å². The number of primary amides is 1. The smallest absolute Gasteiger partial charge is 0.318 e. The second-order valence-corrected chi connectivity index (χ2v) is 8.02. The van der Waals surface area contributed by atoms with Crippen molar-refractivity contribution in [3.8, 4) is 17.1 Å². The average molecular weight is 411 g/mol. The van der Waals surface area contributed by atoms with Gasteiger partial charge in [-0.2, -0.15) is 0 Å². The second-order valence-electron chi connectivity index (χ2n) is 6.71. The second kappa shape index (κ2) is 8.87. The summed E-state index contributed by atoms with van der Waals surface area (Å²) < 4.78 is 1.92. The molecule has 29 heavy (non-hydrogen) atoms. The lowest BCUT2D eigenvalue weighted by Crippen LogP contribution is -2.39. The van der Waals surface area contributed by atoms with E-state index in [2.05, 4.69) is 40.4 Å². The van der Waals surface area contributed by atoms with Crippen LogP contribution in [0.1, 0.15) is 32.3 Å². The number of amides is 3. The molecule has 3 rings (SSSR count). The van der Waals surface area contributed by atoms with Crippen LogP contribution in [0, 0.1) is 0 Å². The molecule has 0 unspecified atom stereocenters. The predicted molar refractivity (Wildman–Crippen MR) is 112 cm³/mol. The Labute approximate surface area is 172 Å². The number of nitrogens with one attached hydrogen (secondary N) is 1. The van der Waals surface area contributed by atoms with Gasteiger partial charge in [0.15, 0.2) is 11.0 Å². The minimum Gasteiger partial charge on any atom is -0.351 e. The molecule has 2 aromatic heterocycles. The van der Waals surface area contributed by atoms with Gasteiger partial charge in [0, 0.05) is 18.0 Å². The third kappa shape index (κ3) is 4.62. The Hall–Kier alpha value is -3.20. The van der Waals surface area contributed by atoms with Gasteiger partial charge in [0.2, 0.25) is 5.91 Å². The van der Waals surface area contributed by atoms with Crippen LogP contribution in [-0.2, 0) is 4.79 Å². The van der Waals surface area contributed by atoms with Crippen LogP contribution in [0.3, 0.4) is 0 Å². The molecule has 0 bridgehead atoms. The quantitative estimate of drug-likeness (QED) is 0.603. The maximum atomic E-state index is 12.2. The number of nitrogens with two attached hydrogens (primary N) is 1. The van der Waals surface area contributed by atoms with Crippen LogP contribution in [0.2, 0.25) is 0 Å². The number of nitrogens with zero attached hydrogens (tertiary/aromatic N) is 4. The van der Waals surface area contributed by atoms with Crippen molar-refractivity contribution in [2.45, 2.75) is 37.1 Å². The first-order valence-corrected chi connectivity index (χ1v) is 9.98. The highest BCUT2D eigenvalue weighted by molar-refractivity contribution is 8.00. The van der Waals surface area contributed by atoms with Gasteiger partial charge in [-0.05, 0) is 36.6 Å². The topological polar surface area (TPSA) is 116 Å². The standard InChI is InChI=1S/C20H22N6O2S/c1-12(2)15-8-4-5-9-16(15)26-17(14-7-6-10-22-11-14)24-25-20(26)29-13(3)18(27)23-19(21)28/h4-13H,1-3H3,(H3,21,23,27,28)/t13-/m0/s1. The van der Waals surface area contributed by atoms with Crippen LogP contribution in [0.25, 0.3) is 17.1 Å². The van der Waals surface area contributed by atoms with Crippen molar-refractivity contribution in [3.05, 3.63) is 54.4 Å². The molecule has 1 aromatic carbocycles. The number of benzene rings is 1. The molecule has 9 heteroatoms. The average Bonchev–Trinajstić information content (AvgIpc) is 3.11. The van der Waals surface area contributed by atoms with E-state index in [1.807, 2.05) is 34.9 Å². The normalized spacial score (nSPS) is 12.0. The molecule has 150 valence electrons. The number of carbonyl (C=O) groups is 2. The minimum absolute atomic E-state index is 0.267. The molecule has 0 aliphatic heterocycles. The molecule has 3 N–H and O–H groups in total. The monoisotopic (exact) mass is 410 g/mol. The van der Waals surface area contributed by atoms with E-state index in [0.29, 0.717) is 11.0 Å². The van der Waals surface area contributed by atoms with E-state index < -0.39 is 17.2 Å². The zero-order valence-corrected chi connectivity index (χ0v) is 17.2. The summed E-state index contributed by atoms with van der Waals surface area (Å²) in [7, 11) is 0. The number of pyridine rings is 1. The molecule has 3 amide bonds. The van der Waals surface area contributed by atoms with Gasteiger partial charge in [0.1, 0.15) is 0 Å². The van der Waals surface area contributed by atoms with Crippen molar-refractivity contribution >= 4 is 23.7 Å². The molecule has 0 fully saturated rings. The lowest BCUT2D eigenvalue weighted by Gasteiger charge is -2.17. The van der Waals surface area contributed by atoms with E-state index in [1.54, 1.807) is 19.3 Å². The number of thioether (sulfide) groups is 1. The highest BCUT2D eigenvalue weighted by Crippen LogP contribution is 2.33. The summed E-state index contributed by atoms with van der Waals surface area (Å²) in [4.78, 5) is 27.3. The largest absolute Gasteiger partial charge is 0.351 e. The van der Waals surface area contributed by atoms with Crippen LogP contribution in [0.5, 0.6) is 0 Å². The molecule has 8 nitrogen and oxygen atoms in total. The van der Waals surface area contributed by atoms with Crippen LogP contribution in [-0.4, -0.2) is 36.9 Å². The van der Waals surface area contributed by atoms with E-state index in [4.69, 9.17) is 5.73 Å². The van der Waals surface area contributed by atoms with Gasteiger partial charge in [-0.1, -0.05) is 43.8 Å². The first-order chi connectivity index (χ1) is 13.9.